The van der Waals surface area contributed by atoms with Crippen LogP contribution in [0, 0.1) is 11.3 Å². The van der Waals surface area contributed by atoms with Crippen molar-refractivity contribution in [3.05, 3.63) is 29.8 Å². The van der Waals surface area contributed by atoms with Gasteiger partial charge in [-0.3, -0.25) is 0 Å². The van der Waals surface area contributed by atoms with Crippen molar-refractivity contribution in [1.82, 2.24) is 0 Å². The van der Waals surface area contributed by atoms with Crippen LogP contribution in [-0.2, 0) is 9.53 Å². The van der Waals surface area contributed by atoms with Gasteiger partial charge in [-0.25, -0.2) is 4.79 Å². The Labute approximate surface area is 107 Å². The Morgan fingerprint density at radius 3 is 2.83 bits per heavy atom. The average Bonchev–Trinajstić information content (AvgIpc) is 2.39. The van der Waals surface area contributed by atoms with Crippen LogP contribution in [0.5, 0.6) is 5.75 Å². The van der Waals surface area contributed by atoms with Crippen molar-refractivity contribution in [1.29, 1.82) is 5.26 Å². The molecular formula is C14H17NO3. The highest BCUT2D eigenvalue weighted by atomic mass is 16.6. The molecule has 4 heteroatoms. The number of hydrogen-bond acceptors (Lipinski definition) is 4. The first-order valence-electron chi connectivity index (χ1n) is 6.01. The Bertz CT molecular complexity index is 437. The molecule has 1 aromatic rings. The molecule has 1 aromatic carbocycles. The zero-order valence-electron chi connectivity index (χ0n) is 10.7. The summed E-state index contributed by atoms with van der Waals surface area (Å²) in [7, 11) is 0. The van der Waals surface area contributed by atoms with Gasteiger partial charge in [0, 0.05) is 0 Å². The topological polar surface area (TPSA) is 59.3 Å². The molecule has 18 heavy (non-hydrogen) atoms. The van der Waals surface area contributed by atoms with Gasteiger partial charge in [-0.15, -0.1) is 0 Å². The summed E-state index contributed by atoms with van der Waals surface area (Å²) in [5.41, 5.74) is 0.408. The van der Waals surface area contributed by atoms with E-state index in [1.165, 1.54) is 0 Å². The first kappa shape index (κ1) is 14.0. The molecule has 0 spiro atoms. The van der Waals surface area contributed by atoms with Gasteiger partial charge in [-0.1, -0.05) is 25.5 Å². The van der Waals surface area contributed by atoms with E-state index in [-0.39, 0.29) is 0 Å². The number of carbonyl (C=O) groups excluding carboxylic acids is 1. The van der Waals surface area contributed by atoms with Gasteiger partial charge in [0.2, 0.25) is 0 Å². The molecule has 0 bridgehead atoms. The second kappa shape index (κ2) is 7.33. The maximum Gasteiger partial charge on any atom is 0.347 e. The molecule has 0 aliphatic heterocycles. The fraction of sp³-hybridized carbons (Fsp3) is 0.429. The van der Waals surface area contributed by atoms with E-state index >= 15 is 0 Å². The number of hydrogen-bond donors (Lipinski definition) is 0. The Morgan fingerprint density at radius 1 is 1.44 bits per heavy atom. The summed E-state index contributed by atoms with van der Waals surface area (Å²) in [6.07, 6.45) is 1.10. The SMILES string of the molecule is CCCCOC(=O)C(C)Oc1ccccc1C#N. The van der Waals surface area contributed by atoms with Crippen molar-refractivity contribution in [2.75, 3.05) is 6.61 Å². The predicted octanol–water partition coefficient (Wildman–Crippen LogP) is 2.67. The number of rotatable bonds is 6. The van der Waals surface area contributed by atoms with Crippen molar-refractivity contribution in [2.45, 2.75) is 32.8 Å². The van der Waals surface area contributed by atoms with Gasteiger partial charge in [0.1, 0.15) is 11.8 Å². The molecule has 0 aliphatic carbocycles. The van der Waals surface area contributed by atoms with Crippen molar-refractivity contribution < 1.29 is 14.3 Å². The van der Waals surface area contributed by atoms with Crippen LogP contribution in [0.15, 0.2) is 24.3 Å². The van der Waals surface area contributed by atoms with Crippen LogP contribution in [0.25, 0.3) is 0 Å². The Kier molecular flexibility index (Phi) is 5.72. The Morgan fingerprint density at radius 2 is 2.17 bits per heavy atom. The van der Waals surface area contributed by atoms with Gasteiger partial charge in [-0.05, 0) is 25.5 Å². The number of para-hydroxylation sites is 1. The molecule has 0 saturated heterocycles. The summed E-state index contributed by atoms with van der Waals surface area (Å²) in [5.74, 6) is -0.00358. The largest absolute Gasteiger partial charge is 0.478 e. The normalized spacial score (nSPS) is 11.4. The third-order valence-electron chi connectivity index (χ3n) is 2.39. The van der Waals surface area contributed by atoms with E-state index in [0.29, 0.717) is 17.9 Å². The maximum absolute atomic E-state index is 11.6. The standard InChI is InChI=1S/C14H17NO3/c1-3-4-9-17-14(16)11(2)18-13-8-6-5-7-12(13)10-15/h5-8,11H,3-4,9H2,1-2H3. The number of esters is 1. The molecule has 0 fully saturated rings. The number of carbonyl (C=O) groups is 1. The van der Waals surface area contributed by atoms with Gasteiger partial charge in [-0.2, -0.15) is 5.26 Å². The molecular weight excluding hydrogens is 230 g/mol. The highest BCUT2D eigenvalue weighted by Gasteiger charge is 2.17. The van der Waals surface area contributed by atoms with Crippen molar-refractivity contribution in [3.8, 4) is 11.8 Å². The second-order valence-electron chi connectivity index (χ2n) is 3.89. The molecule has 1 unspecified atom stereocenters. The summed E-state index contributed by atoms with van der Waals surface area (Å²) >= 11 is 0. The summed E-state index contributed by atoms with van der Waals surface area (Å²) in [6.45, 7) is 4.04. The number of benzene rings is 1. The molecule has 1 rings (SSSR count). The van der Waals surface area contributed by atoms with Gasteiger partial charge < -0.3 is 9.47 Å². The predicted molar refractivity (Wildman–Crippen MR) is 67.1 cm³/mol. The molecule has 4 nitrogen and oxygen atoms in total. The van der Waals surface area contributed by atoms with E-state index in [2.05, 4.69) is 0 Å². The van der Waals surface area contributed by atoms with E-state index in [1.807, 2.05) is 13.0 Å². The van der Waals surface area contributed by atoms with Crippen molar-refractivity contribution in [2.24, 2.45) is 0 Å². The maximum atomic E-state index is 11.6. The lowest BCUT2D eigenvalue weighted by molar-refractivity contribution is -0.151. The molecule has 0 saturated carbocycles. The lowest BCUT2D eigenvalue weighted by atomic mass is 10.2. The zero-order valence-corrected chi connectivity index (χ0v) is 10.7. The molecule has 0 N–H and O–H groups in total. The lowest BCUT2D eigenvalue weighted by Crippen LogP contribution is -2.26. The van der Waals surface area contributed by atoms with Crippen LogP contribution in [0.3, 0.4) is 0 Å². The van der Waals surface area contributed by atoms with Gasteiger partial charge >= 0.3 is 5.97 Å². The number of nitriles is 1. The van der Waals surface area contributed by atoms with Crippen molar-refractivity contribution in [3.63, 3.8) is 0 Å². The fourth-order valence-electron chi connectivity index (χ4n) is 1.33. The fourth-order valence-corrected chi connectivity index (χ4v) is 1.33. The Hall–Kier alpha value is -2.02. The van der Waals surface area contributed by atoms with E-state index in [1.54, 1.807) is 31.2 Å². The lowest BCUT2D eigenvalue weighted by Gasteiger charge is -2.14. The summed E-state index contributed by atoms with van der Waals surface area (Å²) < 4.78 is 10.5. The molecule has 0 aliphatic rings. The van der Waals surface area contributed by atoms with Crippen LogP contribution < -0.4 is 4.74 Å². The minimum Gasteiger partial charge on any atom is -0.478 e. The molecule has 0 radical (unpaired) electrons. The highest BCUT2D eigenvalue weighted by Crippen LogP contribution is 2.18. The average molecular weight is 247 g/mol. The number of nitrogens with zero attached hydrogens (tertiary/aromatic N) is 1. The van der Waals surface area contributed by atoms with Crippen molar-refractivity contribution >= 4 is 5.97 Å². The zero-order chi connectivity index (χ0) is 13.4. The quantitative estimate of drug-likeness (QED) is 0.572. The minimum absolute atomic E-state index is 0.403. The van der Waals surface area contributed by atoms with Gasteiger partial charge in [0.25, 0.3) is 0 Å². The Balaban J connectivity index is 2.56. The van der Waals surface area contributed by atoms with Gasteiger partial charge in [0.05, 0.1) is 12.2 Å². The van der Waals surface area contributed by atoms with Crippen LogP contribution in [0.2, 0.25) is 0 Å². The minimum atomic E-state index is -0.712. The first-order chi connectivity index (χ1) is 8.69. The first-order valence-corrected chi connectivity index (χ1v) is 6.01. The van der Waals surface area contributed by atoms with Crippen LogP contribution in [-0.4, -0.2) is 18.7 Å². The smallest absolute Gasteiger partial charge is 0.347 e. The van der Waals surface area contributed by atoms with E-state index in [9.17, 15) is 4.79 Å². The number of ether oxygens (including phenoxy) is 2. The van der Waals surface area contributed by atoms with E-state index in [4.69, 9.17) is 14.7 Å². The molecule has 0 amide bonds. The molecule has 96 valence electrons. The van der Waals surface area contributed by atoms with Gasteiger partial charge in [0.15, 0.2) is 6.10 Å². The molecule has 1 atom stereocenters. The molecule has 0 heterocycles. The highest BCUT2D eigenvalue weighted by molar-refractivity contribution is 5.74. The summed E-state index contributed by atoms with van der Waals surface area (Å²) in [5, 5.41) is 8.90. The molecule has 0 aromatic heterocycles. The summed E-state index contributed by atoms with van der Waals surface area (Å²) in [6, 6.07) is 8.82. The van der Waals surface area contributed by atoms with E-state index in [0.717, 1.165) is 12.8 Å². The third kappa shape index (κ3) is 4.10. The van der Waals surface area contributed by atoms with Crippen LogP contribution >= 0.6 is 0 Å². The third-order valence-corrected chi connectivity index (χ3v) is 2.39. The van der Waals surface area contributed by atoms with E-state index < -0.39 is 12.1 Å². The van der Waals surface area contributed by atoms with Crippen LogP contribution in [0.1, 0.15) is 32.3 Å². The van der Waals surface area contributed by atoms with Crippen LogP contribution in [0.4, 0.5) is 0 Å². The summed E-state index contributed by atoms with van der Waals surface area (Å²) in [4.78, 5) is 11.6. The second-order valence-corrected chi connectivity index (χ2v) is 3.89. The monoisotopic (exact) mass is 247 g/mol. The number of unbranched alkanes of at least 4 members (excludes halogenated alkanes) is 1.